The lowest BCUT2D eigenvalue weighted by atomic mass is 10.2. The molecule has 7 heteroatoms. The maximum atomic E-state index is 13.8. The second kappa shape index (κ2) is 7.44. The SMILES string of the molecule is Cc1nc(NCc2ccccc2Cl)cc(Nc2ccc(F)cc2F)n1. The third kappa shape index (κ3) is 4.42. The lowest BCUT2D eigenvalue weighted by molar-refractivity contribution is 0.586. The largest absolute Gasteiger partial charge is 0.366 e. The van der Waals surface area contributed by atoms with E-state index in [1.165, 1.54) is 12.1 Å². The number of hydrogen-bond acceptors (Lipinski definition) is 4. The van der Waals surface area contributed by atoms with Crippen LogP contribution in [-0.2, 0) is 6.54 Å². The molecule has 0 bridgehead atoms. The van der Waals surface area contributed by atoms with Crippen LogP contribution in [0.3, 0.4) is 0 Å². The molecule has 4 nitrogen and oxygen atoms in total. The van der Waals surface area contributed by atoms with Crippen LogP contribution in [0.2, 0.25) is 5.02 Å². The van der Waals surface area contributed by atoms with E-state index in [4.69, 9.17) is 11.6 Å². The van der Waals surface area contributed by atoms with Gasteiger partial charge in [0.25, 0.3) is 0 Å². The summed E-state index contributed by atoms with van der Waals surface area (Å²) in [6.07, 6.45) is 0. The van der Waals surface area contributed by atoms with Crippen molar-refractivity contribution in [2.24, 2.45) is 0 Å². The molecule has 0 radical (unpaired) electrons. The molecule has 0 spiro atoms. The average molecular weight is 361 g/mol. The summed E-state index contributed by atoms with van der Waals surface area (Å²) in [4.78, 5) is 8.51. The number of anilines is 3. The Labute approximate surface area is 148 Å². The highest BCUT2D eigenvalue weighted by molar-refractivity contribution is 6.31. The van der Waals surface area contributed by atoms with Crippen LogP contribution in [0.4, 0.5) is 26.1 Å². The van der Waals surface area contributed by atoms with E-state index < -0.39 is 11.6 Å². The molecule has 25 heavy (non-hydrogen) atoms. The van der Waals surface area contributed by atoms with Gasteiger partial charge in [-0.2, -0.15) is 0 Å². The summed E-state index contributed by atoms with van der Waals surface area (Å²) >= 11 is 6.13. The van der Waals surface area contributed by atoms with Gasteiger partial charge in [0.05, 0.1) is 5.69 Å². The summed E-state index contributed by atoms with van der Waals surface area (Å²) in [5.41, 5.74) is 1.07. The highest BCUT2D eigenvalue weighted by Crippen LogP contribution is 2.22. The van der Waals surface area contributed by atoms with Gasteiger partial charge in [0.1, 0.15) is 29.1 Å². The molecule has 0 saturated carbocycles. The van der Waals surface area contributed by atoms with E-state index in [0.29, 0.717) is 29.0 Å². The molecule has 1 heterocycles. The molecule has 0 amide bonds. The Morgan fingerprint density at radius 3 is 2.52 bits per heavy atom. The molecule has 0 aliphatic heterocycles. The van der Waals surface area contributed by atoms with Crippen molar-refractivity contribution in [1.29, 1.82) is 0 Å². The first kappa shape index (κ1) is 17.1. The van der Waals surface area contributed by atoms with Gasteiger partial charge >= 0.3 is 0 Å². The molecule has 3 aromatic rings. The van der Waals surface area contributed by atoms with Crippen LogP contribution in [0, 0.1) is 18.6 Å². The fourth-order valence-electron chi connectivity index (χ4n) is 2.28. The number of benzene rings is 2. The van der Waals surface area contributed by atoms with E-state index in [9.17, 15) is 8.78 Å². The Kier molecular flexibility index (Phi) is 5.09. The zero-order valence-electron chi connectivity index (χ0n) is 13.4. The summed E-state index contributed by atoms with van der Waals surface area (Å²) < 4.78 is 26.8. The van der Waals surface area contributed by atoms with Gasteiger partial charge < -0.3 is 10.6 Å². The summed E-state index contributed by atoms with van der Waals surface area (Å²) in [6, 6.07) is 12.4. The Morgan fingerprint density at radius 2 is 1.76 bits per heavy atom. The lowest BCUT2D eigenvalue weighted by Crippen LogP contribution is -2.06. The van der Waals surface area contributed by atoms with Gasteiger partial charge in [0.15, 0.2) is 0 Å². The van der Waals surface area contributed by atoms with Crippen LogP contribution in [0.1, 0.15) is 11.4 Å². The van der Waals surface area contributed by atoms with Crippen LogP contribution in [0.25, 0.3) is 0 Å². The van der Waals surface area contributed by atoms with E-state index in [0.717, 1.165) is 11.6 Å². The van der Waals surface area contributed by atoms with Crippen LogP contribution in [-0.4, -0.2) is 9.97 Å². The van der Waals surface area contributed by atoms with Crippen LogP contribution in [0.5, 0.6) is 0 Å². The van der Waals surface area contributed by atoms with Gasteiger partial charge in [0, 0.05) is 23.7 Å². The van der Waals surface area contributed by atoms with E-state index in [-0.39, 0.29) is 5.69 Å². The molecule has 0 atom stereocenters. The molecule has 3 rings (SSSR count). The Morgan fingerprint density at radius 1 is 1.00 bits per heavy atom. The van der Waals surface area contributed by atoms with Gasteiger partial charge in [0.2, 0.25) is 0 Å². The fourth-order valence-corrected chi connectivity index (χ4v) is 2.48. The molecule has 0 aliphatic rings. The normalized spacial score (nSPS) is 10.6. The standard InChI is InChI=1S/C18H15ClF2N4/c1-11-23-17(22-10-12-4-2-3-5-14(12)19)9-18(24-11)25-16-7-6-13(20)8-15(16)21/h2-9H,10H2,1H3,(H2,22,23,24,25). The van der Waals surface area contributed by atoms with E-state index in [1.54, 1.807) is 13.0 Å². The molecular formula is C18H15ClF2N4. The molecular weight excluding hydrogens is 346 g/mol. The van der Waals surface area contributed by atoms with E-state index in [2.05, 4.69) is 20.6 Å². The maximum absolute atomic E-state index is 13.8. The van der Waals surface area contributed by atoms with Crippen molar-refractivity contribution in [2.45, 2.75) is 13.5 Å². The predicted molar refractivity (Wildman–Crippen MR) is 95.2 cm³/mol. The summed E-state index contributed by atoms with van der Waals surface area (Å²) in [5, 5.41) is 6.65. The van der Waals surface area contributed by atoms with Crippen molar-refractivity contribution in [3.8, 4) is 0 Å². The van der Waals surface area contributed by atoms with E-state index in [1.807, 2.05) is 24.3 Å². The second-order valence-corrected chi connectivity index (χ2v) is 5.79. The number of rotatable bonds is 5. The van der Waals surface area contributed by atoms with Crippen molar-refractivity contribution in [1.82, 2.24) is 9.97 Å². The number of aryl methyl sites for hydroxylation is 1. The molecule has 0 fully saturated rings. The second-order valence-electron chi connectivity index (χ2n) is 5.38. The first-order valence-corrected chi connectivity index (χ1v) is 7.94. The Balaban J connectivity index is 1.77. The number of hydrogen-bond donors (Lipinski definition) is 2. The molecule has 128 valence electrons. The minimum absolute atomic E-state index is 0.136. The molecule has 2 aromatic carbocycles. The molecule has 0 saturated heterocycles. The highest BCUT2D eigenvalue weighted by Gasteiger charge is 2.07. The fraction of sp³-hybridized carbons (Fsp3) is 0.111. The third-order valence-electron chi connectivity index (χ3n) is 3.45. The zero-order chi connectivity index (χ0) is 17.8. The third-order valence-corrected chi connectivity index (χ3v) is 3.82. The first-order valence-electron chi connectivity index (χ1n) is 7.56. The van der Waals surface area contributed by atoms with Crippen molar-refractivity contribution >= 4 is 28.9 Å². The number of nitrogens with zero attached hydrogens (tertiary/aromatic N) is 2. The minimum atomic E-state index is -0.693. The van der Waals surface area contributed by atoms with Gasteiger partial charge in [-0.3, -0.25) is 0 Å². The number of aromatic nitrogens is 2. The Bertz CT molecular complexity index is 902. The van der Waals surface area contributed by atoms with Gasteiger partial charge in [-0.25, -0.2) is 18.7 Å². The van der Waals surface area contributed by atoms with Crippen LogP contribution < -0.4 is 10.6 Å². The van der Waals surface area contributed by atoms with Crippen LogP contribution >= 0.6 is 11.6 Å². The molecule has 0 aliphatic carbocycles. The lowest BCUT2D eigenvalue weighted by Gasteiger charge is -2.11. The van der Waals surface area contributed by atoms with E-state index >= 15 is 0 Å². The average Bonchev–Trinajstić information content (AvgIpc) is 2.56. The summed E-state index contributed by atoms with van der Waals surface area (Å²) in [6.45, 7) is 2.22. The number of halogens is 3. The van der Waals surface area contributed by atoms with Crippen molar-refractivity contribution in [3.05, 3.63) is 76.6 Å². The highest BCUT2D eigenvalue weighted by atomic mass is 35.5. The quantitative estimate of drug-likeness (QED) is 0.666. The zero-order valence-corrected chi connectivity index (χ0v) is 14.1. The number of nitrogens with one attached hydrogen (secondary N) is 2. The van der Waals surface area contributed by atoms with Gasteiger partial charge in [-0.15, -0.1) is 0 Å². The predicted octanol–water partition coefficient (Wildman–Crippen LogP) is 5.07. The first-order chi connectivity index (χ1) is 12.0. The summed E-state index contributed by atoms with van der Waals surface area (Å²) in [5.74, 6) is 0.150. The van der Waals surface area contributed by atoms with Crippen molar-refractivity contribution in [3.63, 3.8) is 0 Å². The van der Waals surface area contributed by atoms with Crippen molar-refractivity contribution in [2.75, 3.05) is 10.6 Å². The van der Waals surface area contributed by atoms with Gasteiger partial charge in [-0.1, -0.05) is 29.8 Å². The minimum Gasteiger partial charge on any atom is -0.366 e. The monoisotopic (exact) mass is 360 g/mol. The smallest absolute Gasteiger partial charge is 0.149 e. The molecule has 1 aromatic heterocycles. The molecule has 2 N–H and O–H groups in total. The maximum Gasteiger partial charge on any atom is 0.149 e. The van der Waals surface area contributed by atoms with Crippen LogP contribution in [0.15, 0.2) is 48.5 Å². The Hall–Kier alpha value is -2.73. The molecule has 0 unspecified atom stereocenters. The van der Waals surface area contributed by atoms with Crippen molar-refractivity contribution < 1.29 is 8.78 Å². The van der Waals surface area contributed by atoms with Gasteiger partial charge in [-0.05, 0) is 30.7 Å². The topological polar surface area (TPSA) is 49.8 Å². The summed E-state index contributed by atoms with van der Waals surface area (Å²) in [7, 11) is 0.